The summed E-state index contributed by atoms with van der Waals surface area (Å²) in [6.45, 7) is 4.10. The predicted octanol–water partition coefficient (Wildman–Crippen LogP) is 2.44. The standard InChI is InChI=1S/C16H20N4O.2ClH/c1-12-10-17-7-6-15(12)19-16(21)13-2-4-14(5-3-13)20-9-8-18-11-20;;/h2-5,8-9,11-12,15,17H,6-7,10H2,1H3,(H,19,21);2*1H. The number of aromatic nitrogens is 2. The molecule has 1 aromatic heterocycles. The molecule has 1 amide bonds. The molecule has 0 spiro atoms. The molecule has 1 aliphatic heterocycles. The van der Waals surface area contributed by atoms with Gasteiger partial charge in [-0.05, 0) is 49.7 Å². The predicted molar refractivity (Wildman–Crippen MR) is 96.0 cm³/mol. The Kier molecular flexibility index (Phi) is 7.55. The zero-order valence-electron chi connectivity index (χ0n) is 12.9. The van der Waals surface area contributed by atoms with E-state index >= 15 is 0 Å². The van der Waals surface area contributed by atoms with Crippen molar-refractivity contribution in [2.45, 2.75) is 19.4 Å². The summed E-state index contributed by atoms with van der Waals surface area (Å²) in [4.78, 5) is 16.3. The lowest BCUT2D eigenvalue weighted by Gasteiger charge is -2.30. The molecule has 1 aromatic carbocycles. The first-order chi connectivity index (χ1) is 10.2. The Bertz CT molecular complexity index is 601. The molecule has 0 saturated carbocycles. The van der Waals surface area contributed by atoms with Crippen molar-refractivity contribution in [3.8, 4) is 5.69 Å². The second kappa shape index (κ2) is 8.91. The van der Waals surface area contributed by atoms with E-state index in [0.29, 0.717) is 11.5 Å². The SMILES string of the molecule is CC1CNCCC1NC(=O)c1ccc(-n2ccnc2)cc1.Cl.Cl. The summed E-state index contributed by atoms with van der Waals surface area (Å²) < 4.78 is 1.91. The molecular formula is C16H22Cl2N4O. The molecule has 1 fully saturated rings. The van der Waals surface area contributed by atoms with E-state index in [2.05, 4.69) is 22.5 Å². The monoisotopic (exact) mass is 356 g/mol. The number of carbonyl (C=O) groups is 1. The third-order valence-corrected chi connectivity index (χ3v) is 4.03. The first-order valence-electron chi connectivity index (χ1n) is 7.34. The number of rotatable bonds is 3. The highest BCUT2D eigenvalue weighted by molar-refractivity contribution is 5.94. The Balaban J connectivity index is 0.00000132. The first kappa shape index (κ1) is 19.5. The van der Waals surface area contributed by atoms with Crippen LogP contribution in [0.15, 0.2) is 43.0 Å². The summed E-state index contributed by atoms with van der Waals surface area (Å²) in [6, 6.07) is 7.84. The van der Waals surface area contributed by atoms with E-state index < -0.39 is 0 Å². The van der Waals surface area contributed by atoms with Gasteiger partial charge >= 0.3 is 0 Å². The third kappa shape index (κ3) is 4.70. The fraction of sp³-hybridized carbons (Fsp3) is 0.375. The lowest BCUT2D eigenvalue weighted by atomic mass is 9.95. The van der Waals surface area contributed by atoms with Crippen molar-refractivity contribution in [3.05, 3.63) is 48.5 Å². The van der Waals surface area contributed by atoms with Gasteiger partial charge in [0.2, 0.25) is 0 Å². The van der Waals surface area contributed by atoms with Gasteiger partial charge in [-0.1, -0.05) is 6.92 Å². The lowest BCUT2D eigenvalue weighted by Crippen LogP contribution is -2.48. The van der Waals surface area contributed by atoms with Crippen LogP contribution in [0.4, 0.5) is 0 Å². The average Bonchev–Trinajstić information content (AvgIpc) is 3.04. The molecule has 2 N–H and O–H groups in total. The Hall–Kier alpha value is -1.56. The topological polar surface area (TPSA) is 58.9 Å². The number of piperidine rings is 1. The van der Waals surface area contributed by atoms with E-state index in [1.165, 1.54) is 0 Å². The van der Waals surface area contributed by atoms with Crippen LogP contribution in [0.2, 0.25) is 0 Å². The Morgan fingerprint density at radius 2 is 2.04 bits per heavy atom. The van der Waals surface area contributed by atoms with Crippen molar-refractivity contribution >= 4 is 30.7 Å². The molecule has 2 atom stereocenters. The number of nitrogens with zero attached hydrogens (tertiary/aromatic N) is 2. The molecule has 2 unspecified atom stereocenters. The molecule has 3 rings (SSSR count). The minimum Gasteiger partial charge on any atom is -0.349 e. The van der Waals surface area contributed by atoms with Crippen LogP contribution >= 0.6 is 24.8 Å². The van der Waals surface area contributed by atoms with E-state index in [0.717, 1.165) is 25.2 Å². The molecule has 1 saturated heterocycles. The van der Waals surface area contributed by atoms with Gasteiger partial charge in [0.15, 0.2) is 0 Å². The summed E-state index contributed by atoms with van der Waals surface area (Å²) >= 11 is 0. The van der Waals surface area contributed by atoms with E-state index in [1.54, 1.807) is 12.5 Å². The van der Waals surface area contributed by atoms with Gasteiger partial charge in [-0.25, -0.2) is 4.98 Å². The minimum atomic E-state index is 0. The number of amides is 1. The number of hydrogen-bond donors (Lipinski definition) is 2. The van der Waals surface area contributed by atoms with Crippen LogP contribution in [0.1, 0.15) is 23.7 Å². The van der Waals surface area contributed by atoms with Gasteiger partial charge in [-0.15, -0.1) is 24.8 Å². The van der Waals surface area contributed by atoms with Crippen molar-refractivity contribution in [2.24, 2.45) is 5.92 Å². The Morgan fingerprint density at radius 1 is 1.30 bits per heavy atom. The van der Waals surface area contributed by atoms with Gasteiger partial charge in [0.1, 0.15) is 0 Å². The zero-order chi connectivity index (χ0) is 14.7. The summed E-state index contributed by atoms with van der Waals surface area (Å²) in [7, 11) is 0. The number of imidazole rings is 1. The minimum absolute atomic E-state index is 0. The summed E-state index contributed by atoms with van der Waals surface area (Å²) in [5, 5.41) is 6.48. The van der Waals surface area contributed by atoms with Crippen molar-refractivity contribution in [1.82, 2.24) is 20.2 Å². The van der Waals surface area contributed by atoms with E-state index in [4.69, 9.17) is 0 Å². The molecule has 0 radical (unpaired) electrons. The van der Waals surface area contributed by atoms with Gasteiger partial charge < -0.3 is 15.2 Å². The molecule has 0 aliphatic carbocycles. The molecule has 1 aliphatic rings. The molecule has 2 aromatic rings. The highest BCUT2D eigenvalue weighted by atomic mass is 35.5. The lowest BCUT2D eigenvalue weighted by molar-refractivity contribution is 0.0914. The highest BCUT2D eigenvalue weighted by Crippen LogP contribution is 2.13. The number of benzene rings is 1. The Labute approximate surface area is 148 Å². The fourth-order valence-electron chi connectivity index (χ4n) is 2.68. The maximum Gasteiger partial charge on any atom is 0.251 e. The van der Waals surface area contributed by atoms with Gasteiger partial charge in [0.05, 0.1) is 6.33 Å². The van der Waals surface area contributed by atoms with Gasteiger partial charge in [0, 0.05) is 29.7 Å². The molecule has 7 heteroatoms. The zero-order valence-corrected chi connectivity index (χ0v) is 14.6. The number of halogens is 2. The quantitative estimate of drug-likeness (QED) is 0.887. The van der Waals surface area contributed by atoms with Gasteiger partial charge in [0.25, 0.3) is 5.91 Å². The van der Waals surface area contributed by atoms with Crippen molar-refractivity contribution in [1.29, 1.82) is 0 Å². The van der Waals surface area contributed by atoms with Crippen LogP contribution in [-0.2, 0) is 0 Å². The van der Waals surface area contributed by atoms with Crippen molar-refractivity contribution in [3.63, 3.8) is 0 Å². The van der Waals surface area contributed by atoms with Crippen LogP contribution in [-0.4, -0.2) is 34.6 Å². The summed E-state index contributed by atoms with van der Waals surface area (Å²) in [5.74, 6) is 0.471. The highest BCUT2D eigenvalue weighted by Gasteiger charge is 2.22. The van der Waals surface area contributed by atoms with Gasteiger partial charge in [-0.2, -0.15) is 0 Å². The van der Waals surface area contributed by atoms with Crippen LogP contribution < -0.4 is 10.6 Å². The third-order valence-electron chi connectivity index (χ3n) is 4.03. The van der Waals surface area contributed by atoms with Crippen LogP contribution in [0.3, 0.4) is 0 Å². The summed E-state index contributed by atoms with van der Waals surface area (Å²) in [6.07, 6.45) is 6.34. The number of hydrogen-bond acceptors (Lipinski definition) is 3. The fourth-order valence-corrected chi connectivity index (χ4v) is 2.68. The average molecular weight is 357 g/mol. The molecule has 126 valence electrons. The van der Waals surface area contributed by atoms with Crippen molar-refractivity contribution in [2.75, 3.05) is 13.1 Å². The van der Waals surface area contributed by atoms with E-state index in [-0.39, 0.29) is 36.8 Å². The van der Waals surface area contributed by atoms with E-state index in [1.807, 2.05) is 35.0 Å². The smallest absolute Gasteiger partial charge is 0.251 e. The van der Waals surface area contributed by atoms with Crippen LogP contribution in [0, 0.1) is 5.92 Å². The molecule has 0 bridgehead atoms. The number of nitrogens with one attached hydrogen (secondary N) is 2. The maximum atomic E-state index is 12.3. The van der Waals surface area contributed by atoms with Crippen LogP contribution in [0.25, 0.3) is 5.69 Å². The second-order valence-corrected chi connectivity index (χ2v) is 5.57. The molecule has 5 nitrogen and oxygen atoms in total. The van der Waals surface area contributed by atoms with Gasteiger partial charge in [-0.3, -0.25) is 4.79 Å². The normalized spacial score (nSPS) is 20.0. The first-order valence-corrected chi connectivity index (χ1v) is 7.34. The molecule has 2 heterocycles. The summed E-state index contributed by atoms with van der Waals surface area (Å²) in [5.41, 5.74) is 1.70. The van der Waals surface area contributed by atoms with Crippen LogP contribution in [0.5, 0.6) is 0 Å². The van der Waals surface area contributed by atoms with Crippen molar-refractivity contribution < 1.29 is 4.79 Å². The number of carbonyl (C=O) groups excluding carboxylic acids is 1. The van der Waals surface area contributed by atoms with E-state index in [9.17, 15) is 4.79 Å². The molecular weight excluding hydrogens is 335 g/mol. The molecule has 23 heavy (non-hydrogen) atoms. The maximum absolute atomic E-state index is 12.3. The Morgan fingerprint density at radius 3 is 2.65 bits per heavy atom. The largest absolute Gasteiger partial charge is 0.349 e. The second-order valence-electron chi connectivity index (χ2n) is 5.57.